The average molecular weight is 351 g/mol. The Morgan fingerprint density at radius 2 is 2.08 bits per heavy atom. The Morgan fingerprint density at radius 1 is 1.24 bits per heavy atom. The van der Waals surface area contributed by atoms with Crippen molar-refractivity contribution in [2.24, 2.45) is 0 Å². The predicted octanol–water partition coefficient (Wildman–Crippen LogP) is 3.30. The van der Waals surface area contributed by atoms with E-state index >= 15 is 0 Å². The van der Waals surface area contributed by atoms with Crippen molar-refractivity contribution in [1.82, 2.24) is 15.3 Å². The highest BCUT2D eigenvalue weighted by molar-refractivity contribution is 7.07. The molecule has 0 aliphatic carbocycles. The zero-order valence-electron chi connectivity index (χ0n) is 13.7. The van der Waals surface area contributed by atoms with E-state index < -0.39 is 5.54 Å². The third-order valence-corrected chi connectivity index (χ3v) is 5.03. The summed E-state index contributed by atoms with van der Waals surface area (Å²) < 4.78 is 5.77. The summed E-state index contributed by atoms with van der Waals surface area (Å²) in [5.74, 6) is 0.494. The van der Waals surface area contributed by atoms with Gasteiger partial charge in [0.25, 0.3) is 5.91 Å². The number of carbonyl (C=O) groups is 1. The van der Waals surface area contributed by atoms with Crippen LogP contribution in [0, 0.1) is 6.92 Å². The lowest BCUT2D eigenvalue weighted by Gasteiger charge is -2.38. The number of aryl methyl sites for hydroxylation is 1. The first-order valence-electron chi connectivity index (χ1n) is 8.05. The Hall–Kier alpha value is -2.73. The van der Waals surface area contributed by atoms with E-state index in [0.29, 0.717) is 24.5 Å². The summed E-state index contributed by atoms with van der Waals surface area (Å²) in [6.45, 7) is 2.55. The molecule has 0 bridgehead atoms. The number of aromatic nitrogens is 2. The number of nitrogens with zero attached hydrogens (tertiary/aromatic N) is 2. The van der Waals surface area contributed by atoms with Crippen LogP contribution in [-0.4, -0.2) is 22.5 Å². The minimum absolute atomic E-state index is 0.208. The van der Waals surface area contributed by atoms with Crippen molar-refractivity contribution in [3.8, 4) is 5.75 Å². The second kappa shape index (κ2) is 6.29. The predicted molar refractivity (Wildman–Crippen MR) is 95.9 cm³/mol. The molecule has 25 heavy (non-hydrogen) atoms. The van der Waals surface area contributed by atoms with Crippen LogP contribution >= 0.6 is 11.3 Å². The number of nitrogens with one attached hydrogen (secondary N) is 1. The number of rotatable bonds is 3. The maximum atomic E-state index is 12.8. The van der Waals surface area contributed by atoms with Crippen molar-refractivity contribution in [2.75, 3.05) is 6.61 Å². The lowest BCUT2D eigenvalue weighted by molar-refractivity contribution is 0.0879. The summed E-state index contributed by atoms with van der Waals surface area (Å²) in [5.41, 5.74) is 4.23. The van der Waals surface area contributed by atoms with E-state index in [9.17, 15) is 4.79 Å². The van der Waals surface area contributed by atoms with E-state index in [1.54, 1.807) is 17.1 Å². The van der Waals surface area contributed by atoms with Gasteiger partial charge in [0.1, 0.15) is 22.7 Å². The molecule has 0 radical (unpaired) electrons. The van der Waals surface area contributed by atoms with Crippen molar-refractivity contribution in [2.45, 2.75) is 18.9 Å². The van der Waals surface area contributed by atoms with Crippen molar-refractivity contribution in [3.05, 3.63) is 76.0 Å². The molecule has 0 unspecified atom stereocenters. The zero-order valence-corrected chi connectivity index (χ0v) is 14.5. The first kappa shape index (κ1) is 15.8. The van der Waals surface area contributed by atoms with Gasteiger partial charge in [-0.3, -0.25) is 9.78 Å². The number of pyridine rings is 1. The second-order valence-electron chi connectivity index (χ2n) is 6.05. The molecule has 1 aliphatic heterocycles. The topological polar surface area (TPSA) is 64.1 Å². The van der Waals surface area contributed by atoms with Gasteiger partial charge in [0.15, 0.2) is 0 Å². The molecule has 1 aromatic carbocycles. The Morgan fingerprint density at radius 3 is 2.84 bits per heavy atom. The number of ether oxygens (including phenoxy) is 1. The van der Waals surface area contributed by atoms with E-state index in [1.165, 1.54) is 11.3 Å². The van der Waals surface area contributed by atoms with Gasteiger partial charge in [0.05, 0.1) is 12.1 Å². The highest BCUT2D eigenvalue weighted by Gasteiger charge is 2.42. The van der Waals surface area contributed by atoms with Crippen molar-refractivity contribution in [3.63, 3.8) is 0 Å². The highest BCUT2D eigenvalue weighted by Crippen LogP contribution is 2.40. The standard InChI is InChI=1S/C19H17N3O2S/c1-13-4-6-14(7-5-13)19(22-18(23)15-11-25-12-21-15)8-10-24-16-3-2-9-20-17(16)19/h2-7,9,11-12H,8,10H2,1H3,(H,22,23)/t19-/m0/s1. The molecule has 3 aromatic rings. The van der Waals surface area contributed by atoms with Crippen LogP contribution in [0.5, 0.6) is 5.75 Å². The smallest absolute Gasteiger partial charge is 0.271 e. The minimum Gasteiger partial charge on any atom is -0.491 e. The number of hydrogen-bond donors (Lipinski definition) is 1. The van der Waals surface area contributed by atoms with Crippen LogP contribution < -0.4 is 10.1 Å². The van der Waals surface area contributed by atoms with Crippen LogP contribution in [0.1, 0.15) is 33.7 Å². The van der Waals surface area contributed by atoms with E-state index in [0.717, 1.165) is 16.8 Å². The third-order valence-electron chi connectivity index (χ3n) is 4.45. The van der Waals surface area contributed by atoms with Crippen LogP contribution in [0.25, 0.3) is 0 Å². The van der Waals surface area contributed by atoms with Crippen molar-refractivity contribution >= 4 is 17.2 Å². The van der Waals surface area contributed by atoms with Crippen LogP contribution in [0.2, 0.25) is 0 Å². The quantitative estimate of drug-likeness (QED) is 0.786. The molecule has 5 nitrogen and oxygen atoms in total. The van der Waals surface area contributed by atoms with Crippen molar-refractivity contribution < 1.29 is 9.53 Å². The zero-order chi connectivity index (χ0) is 17.3. The lowest BCUT2D eigenvalue weighted by Crippen LogP contribution is -2.50. The number of benzene rings is 1. The number of hydrogen-bond acceptors (Lipinski definition) is 5. The Bertz CT molecular complexity index is 893. The van der Waals surface area contributed by atoms with Gasteiger partial charge < -0.3 is 10.1 Å². The molecule has 1 aliphatic rings. The Labute approximate surface area is 149 Å². The molecular formula is C19H17N3O2S. The SMILES string of the molecule is Cc1ccc([C@@]2(NC(=O)c3cscn3)CCOc3cccnc32)cc1. The lowest BCUT2D eigenvalue weighted by atomic mass is 9.81. The maximum Gasteiger partial charge on any atom is 0.271 e. The molecule has 2 aromatic heterocycles. The number of amides is 1. The summed E-state index contributed by atoms with van der Waals surface area (Å²) in [7, 11) is 0. The maximum absolute atomic E-state index is 12.8. The van der Waals surface area contributed by atoms with Gasteiger partial charge >= 0.3 is 0 Å². The fourth-order valence-corrected chi connectivity index (χ4v) is 3.69. The molecule has 0 spiro atoms. The molecule has 0 saturated heterocycles. The van der Waals surface area contributed by atoms with Crippen LogP contribution in [0.15, 0.2) is 53.5 Å². The van der Waals surface area contributed by atoms with Gasteiger partial charge in [-0.05, 0) is 24.6 Å². The summed E-state index contributed by atoms with van der Waals surface area (Å²) >= 11 is 1.40. The molecular weight excluding hydrogens is 334 g/mol. The fourth-order valence-electron chi connectivity index (χ4n) is 3.16. The van der Waals surface area contributed by atoms with Gasteiger partial charge in [-0.1, -0.05) is 29.8 Å². The Kier molecular flexibility index (Phi) is 3.97. The molecule has 1 N–H and O–H groups in total. The third kappa shape index (κ3) is 2.78. The number of carbonyl (C=O) groups excluding carboxylic acids is 1. The van der Waals surface area contributed by atoms with E-state index in [2.05, 4.69) is 15.3 Å². The summed E-state index contributed by atoms with van der Waals surface area (Å²) in [4.78, 5) is 21.5. The summed E-state index contributed by atoms with van der Waals surface area (Å²) in [5, 5.41) is 4.94. The summed E-state index contributed by atoms with van der Waals surface area (Å²) in [6.07, 6.45) is 2.33. The summed E-state index contributed by atoms with van der Waals surface area (Å²) in [6, 6.07) is 11.9. The molecule has 3 heterocycles. The Balaban J connectivity index is 1.85. The molecule has 1 amide bonds. The molecule has 4 rings (SSSR count). The minimum atomic E-state index is -0.733. The van der Waals surface area contributed by atoms with Gasteiger partial charge in [-0.25, -0.2) is 4.98 Å². The first-order chi connectivity index (χ1) is 12.2. The van der Waals surface area contributed by atoms with Crippen LogP contribution in [-0.2, 0) is 5.54 Å². The normalized spacial score (nSPS) is 18.9. The highest BCUT2D eigenvalue weighted by atomic mass is 32.1. The largest absolute Gasteiger partial charge is 0.491 e. The molecule has 126 valence electrons. The second-order valence-corrected chi connectivity index (χ2v) is 6.77. The van der Waals surface area contributed by atoms with E-state index in [4.69, 9.17) is 4.74 Å². The van der Waals surface area contributed by atoms with Gasteiger partial charge in [-0.15, -0.1) is 11.3 Å². The van der Waals surface area contributed by atoms with Gasteiger partial charge in [0, 0.05) is 18.0 Å². The monoisotopic (exact) mass is 351 g/mol. The fraction of sp³-hybridized carbons (Fsp3) is 0.211. The number of thiazole rings is 1. The first-order valence-corrected chi connectivity index (χ1v) is 8.99. The van der Waals surface area contributed by atoms with E-state index in [-0.39, 0.29) is 5.91 Å². The number of fused-ring (bicyclic) bond motifs is 1. The molecule has 1 atom stereocenters. The van der Waals surface area contributed by atoms with E-state index in [1.807, 2.05) is 43.3 Å². The van der Waals surface area contributed by atoms with Crippen LogP contribution in [0.4, 0.5) is 0 Å². The van der Waals surface area contributed by atoms with Gasteiger partial charge in [0.2, 0.25) is 0 Å². The van der Waals surface area contributed by atoms with Crippen LogP contribution in [0.3, 0.4) is 0 Å². The van der Waals surface area contributed by atoms with Gasteiger partial charge in [-0.2, -0.15) is 0 Å². The van der Waals surface area contributed by atoms with Crippen molar-refractivity contribution in [1.29, 1.82) is 0 Å². The molecule has 6 heteroatoms. The molecule has 0 saturated carbocycles. The average Bonchev–Trinajstić information content (AvgIpc) is 3.17. The molecule has 0 fully saturated rings.